The van der Waals surface area contributed by atoms with Gasteiger partial charge in [0.25, 0.3) is 5.91 Å². The zero-order valence-electron chi connectivity index (χ0n) is 17.3. The number of nitrogens with zero attached hydrogens (tertiary/aromatic N) is 5. The highest BCUT2D eigenvalue weighted by atomic mass is 16.2. The molecule has 29 heavy (non-hydrogen) atoms. The van der Waals surface area contributed by atoms with Crippen LogP contribution >= 0.6 is 0 Å². The Hall–Kier alpha value is -2.70. The van der Waals surface area contributed by atoms with Crippen molar-refractivity contribution < 1.29 is 9.59 Å². The number of likely N-dealkylation sites (N-methyl/N-ethyl adjacent to an activating group) is 1. The maximum absolute atomic E-state index is 13.5. The van der Waals surface area contributed by atoms with E-state index in [-0.39, 0.29) is 23.4 Å². The highest BCUT2D eigenvalue weighted by Crippen LogP contribution is 2.43. The van der Waals surface area contributed by atoms with Crippen molar-refractivity contribution in [3.05, 3.63) is 42.5 Å². The fraction of sp³-hybridized carbons (Fsp3) is 0.545. The van der Waals surface area contributed by atoms with Crippen molar-refractivity contribution in [1.29, 1.82) is 0 Å². The molecule has 0 N–H and O–H groups in total. The molecule has 4 rings (SSSR count). The summed E-state index contributed by atoms with van der Waals surface area (Å²) in [6.45, 7) is 4.96. The molecule has 0 radical (unpaired) electrons. The third-order valence-corrected chi connectivity index (χ3v) is 6.63. The lowest BCUT2D eigenvalue weighted by molar-refractivity contribution is -0.130. The van der Waals surface area contributed by atoms with Gasteiger partial charge in [0.15, 0.2) is 0 Å². The van der Waals surface area contributed by atoms with Crippen LogP contribution in [0.5, 0.6) is 0 Å². The maximum Gasteiger partial charge on any atom is 0.254 e. The zero-order chi connectivity index (χ0) is 20.4. The SMILES string of the molecule is CCN(C(C)=O)[C@@H]1CN(C(=O)c2ccc(-n3cnnc3)cc2)C2(CCCCC2)C1. The Labute approximate surface area is 171 Å². The standard InChI is InChI=1S/C22H29N5O2/c1-3-26(17(2)28)20-13-22(11-5-4-6-12-22)27(14-20)21(29)18-7-9-19(10-8-18)25-15-23-24-16-25/h7-10,15-16,20H,3-6,11-14H2,1-2H3/t20-/m0/s1. The van der Waals surface area contributed by atoms with Gasteiger partial charge in [-0.1, -0.05) is 19.3 Å². The van der Waals surface area contributed by atoms with Crippen LogP contribution in [0.4, 0.5) is 0 Å². The number of hydrogen-bond acceptors (Lipinski definition) is 4. The minimum Gasteiger partial charge on any atom is -0.338 e. The van der Waals surface area contributed by atoms with E-state index in [9.17, 15) is 9.59 Å². The molecule has 0 unspecified atom stereocenters. The van der Waals surface area contributed by atoms with E-state index in [0.29, 0.717) is 18.7 Å². The van der Waals surface area contributed by atoms with Gasteiger partial charge in [-0.05, 0) is 50.5 Å². The molecule has 1 spiro atoms. The molecule has 2 aliphatic rings. The van der Waals surface area contributed by atoms with Crippen LogP contribution in [0.3, 0.4) is 0 Å². The summed E-state index contributed by atoms with van der Waals surface area (Å²) >= 11 is 0. The molecule has 1 saturated carbocycles. The number of carbonyl (C=O) groups excluding carboxylic acids is 2. The van der Waals surface area contributed by atoms with Gasteiger partial charge in [0.05, 0.1) is 6.04 Å². The summed E-state index contributed by atoms with van der Waals surface area (Å²) in [5.74, 6) is 0.167. The second-order valence-corrected chi connectivity index (χ2v) is 8.28. The van der Waals surface area contributed by atoms with Crippen LogP contribution in [-0.4, -0.2) is 61.0 Å². The molecule has 1 aliphatic heterocycles. The van der Waals surface area contributed by atoms with E-state index in [0.717, 1.165) is 37.8 Å². The van der Waals surface area contributed by atoms with Crippen molar-refractivity contribution in [3.8, 4) is 5.69 Å². The van der Waals surface area contributed by atoms with Gasteiger partial charge in [-0.15, -0.1) is 10.2 Å². The molecule has 2 fully saturated rings. The number of aromatic nitrogens is 3. The average molecular weight is 396 g/mol. The van der Waals surface area contributed by atoms with Crippen LogP contribution in [0.1, 0.15) is 62.7 Å². The van der Waals surface area contributed by atoms with Crippen LogP contribution < -0.4 is 0 Å². The molecule has 1 aromatic heterocycles. The van der Waals surface area contributed by atoms with Gasteiger partial charge in [0.2, 0.25) is 5.91 Å². The van der Waals surface area contributed by atoms with Gasteiger partial charge in [-0.25, -0.2) is 0 Å². The first-order valence-corrected chi connectivity index (χ1v) is 10.6. The van der Waals surface area contributed by atoms with Crippen molar-refractivity contribution in [2.45, 2.75) is 64.0 Å². The van der Waals surface area contributed by atoms with Gasteiger partial charge in [0, 0.05) is 36.8 Å². The van der Waals surface area contributed by atoms with Crippen molar-refractivity contribution in [1.82, 2.24) is 24.6 Å². The number of rotatable bonds is 4. The Kier molecular flexibility index (Phi) is 5.39. The Morgan fingerprint density at radius 3 is 2.34 bits per heavy atom. The molecule has 1 aromatic carbocycles. The normalized spacial score (nSPS) is 20.8. The first-order chi connectivity index (χ1) is 14.0. The number of benzene rings is 1. The minimum atomic E-state index is -0.115. The minimum absolute atomic E-state index is 0.0734. The van der Waals surface area contributed by atoms with Crippen LogP contribution in [0, 0.1) is 0 Å². The number of amides is 2. The van der Waals surface area contributed by atoms with Crippen molar-refractivity contribution in [3.63, 3.8) is 0 Å². The zero-order valence-corrected chi connectivity index (χ0v) is 17.3. The number of hydrogen-bond donors (Lipinski definition) is 0. The summed E-state index contributed by atoms with van der Waals surface area (Å²) in [6, 6.07) is 7.71. The van der Waals surface area contributed by atoms with Crippen molar-refractivity contribution in [2.24, 2.45) is 0 Å². The second kappa shape index (κ2) is 7.97. The Balaban J connectivity index is 1.60. The summed E-state index contributed by atoms with van der Waals surface area (Å²) in [5.41, 5.74) is 1.50. The number of carbonyl (C=O) groups is 2. The first-order valence-electron chi connectivity index (χ1n) is 10.6. The van der Waals surface area contributed by atoms with Gasteiger partial charge in [0.1, 0.15) is 12.7 Å². The Morgan fingerprint density at radius 2 is 1.76 bits per heavy atom. The third-order valence-electron chi connectivity index (χ3n) is 6.63. The van der Waals surface area contributed by atoms with Gasteiger partial charge in [-0.3, -0.25) is 14.2 Å². The van der Waals surface area contributed by atoms with E-state index in [1.165, 1.54) is 6.42 Å². The lowest BCUT2D eigenvalue weighted by Crippen LogP contribution is -2.48. The molecule has 2 aromatic rings. The quantitative estimate of drug-likeness (QED) is 0.798. The van der Waals surface area contributed by atoms with Crippen LogP contribution in [0.25, 0.3) is 5.69 Å². The highest BCUT2D eigenvalue weighted by molar-refractivity contribution is 5.95. The maximum atomic E-state index is 13.5. The molecule has 1 saturated heterocycles. The molecular formula is C22H29N5O2. The van der Waals surface area contributed by atoms with Crippen molar-refractivity contribution in [2.75, 3.05) is 13.1 Å². The molecule has 7 nitrogen and oxygen atoms in total. The van der Waals surface area contributed by atoms with E-state index in [4.69, 9.17) is 0 Å². The van der Waals surface area contributed by atoms with Gasteiger partial charge in [-0.2, -0.15) is 0 Å². The summed E-state index contributed by atoms with van der Waals surface area (Å²) in [7, 11) is 0. The third kappa shape index (κ3) is 3.66. The smallest absolute Gasteiger partial charge is 0.254 e. The van der Waals surface area contributed by atoms with Crippen LogP contribution in [0.15, 0.2) is 36.9 Å². The summed E-state index contributed by atoms with van der Waals surface area (Å²) in [5, 5.41) is 7.66. The molecule has 2 amide bonds. The average Bonchev–Trinajstić information content (AvgIpc) is 3.38. The molecule has 1 aliphatic carbocycles. The van der Waals surface area contributed by atoms with E-state index < -0.39 is 0 Å². The Bertz CT molecular complexity index is 856. The molecule has 1 atom stereocenters. The van der Waals surface area contributed by atoms with Crippen molar-refractivity contribution >= 4 is 11.8 Å². The van der Waals surface area contributed by atoms with E-state index in [1.54, 1.807) is 19.6 Å². The number of likely N-dealkylation sites (tertiary alicyclic amines) is 1. The molecular weight excluding hydrogens is 366 g/mol. The summed E-state index contributed by atoms with van der Waals surface area (Å²) in [6.07, 6.45) is 9.76. The van der Waals surface area contributed by atoms with E-state index in [1.807, 2.05) is 40.7 Å². The lowest BCUT2D eigenvalue weighted by atomic mass is 9.79. The molecule has 2 heterocycles. The van der Waals surface area contributed by atoms with Crippen LogP contribution in [0.2, 0.25) is 0 Å². The molecule has 0 bridgehead atoms. The first kappa shape index (κ1) is 19.6. The predicted octanol–water partition coefficient (Wildman–Crippen LogP) is 3.05. The predicted molar refractivity (Wildman–Crippen MR) is 110 cm³/mol. The van der Waals surface area contributed by atoms with Crippen LogP contribution in [-0.2, 0) is 4.79 Å². The summed E-state index contributed by atoms with van der Waals surface area (Å²) < 4.78 is 1.81. The summed E-state index contributed by atoms with van der Waals surface area (Å²) in [4.78, 5) is 29.7. The fourth-order valence-corrected chi connectivity index (χ4v) is 5.21. The lowest BCUT2D eigenvalue weighted by Gasteiger charge is -2.41. The van der Waals surface area contributed by atoms with Gasteiger partial charge >= 0.3 is 0 Å². The fourth-order valence-electron chi connectivity index (χ4n) is 5.21. The molecule has 7 heteroatoms. The largest absolute Gasteiger partial charge is 0.338 e. The van der Waals surface area contributed by atoms with E-state index in [2.05, 4.69) is 15.1 Å². The monoisotopic (exact) mass is 395 g/mol. The van der Waals surface area contributed by atoms with E-state index >= 15 is 0 Å². The topological polar surface area (TPSA) is 71.3 Å². The molecule has 154 valence electrons. The second-order valence-electron chi connectivity index (χ2n) is 8.28. The van der Waals surface area contributed by atoms with Gasteiger partial charge < -0.3 is 9.80 Å². The Morgan fingerprint density at radius 1 is 1.10 bits per heavy atom. The highest BCUT2D eigenvalue weighted by Gasteiger charge is 2.49.